The number of fused-ring (bicyclic) bond motifs is 9. The summed E-state index contributed by atoms with van der Waals surface area (Å²) in [4.78, 5) is 24.7. The summed E-state index contributed by atoms with van der Waals surface area (Å²) < 4.78 is 34.8. The minimum Gasteiger partial charge on any atom is -0.434 e. The summed E-state index contributed by atoms with van der Waals surface area (Å²) in [7, 11) is 1.70. The monoisotopic (exact) mass is 447 g/mol. The largest absolute Gasteiger partial charge is 0.434 e. The van der Waals surface area contributed by atoms with Crippen LogP contribution in [0, 0.1) is 0 Å². The molecule has 0 saturated carbocycles. The van der Waals surface area contributed by atoms with Crippen molar-refractivity contribution in [3.8, 4) is 16.9 Å². The van der Waals surface area contributed by atoms with Gasteiger partial charge in [-0.1, -0.05) is 18.2 Å². The van der Waals surface area contributed by atoms with E-state index in [4.69, 9.17) is 4.74 Å². The van der Waals surface area contributed by atoms with Gasteiger partial charge in [-0.2, -0.15) is 8.78 Å². The van der Waals surface area contributed by atoms with E-state index >= 15 is 0 Å². The molecule has 4 heterocycles. The molecular weight excluding hydrogens is 428 g/mol. The molecule has 0 fully saturated rings. The minimum absolute atomic E-state index is 0.0206. The average Bonchev–Trinajstić information content (AvgIpc) is 3.27. The third-order valence-corrected chi connectivity index (χ3v) is 6.58. The van der Waals surface area contributed by atoms with Crippen LogP contribution in [0.15, 0.2) is 65.6 Å². The van der Waals surface area contributed by atoms with Crippen LogP contribution in [-0.4, -0.2) is 21.7 Å². The fraction of sp³-hybridized carbons (Fsp3) is 0.200. The maximum absolute atomic E-state index is 13.2. The van der Waals surface area contributed by atoms with Crippen LogP contribution in [0.4, 0.5) is 8.78 Å². The molecule has 2 unspecified atom stereocenters. The van der Waals surface area contributed by atoms with Gasteiger partial charge in [0.25, 0.3) is 5.91 Å². The first-order valence-electron chi connectivity index (χ1n) is 10.6. The molecule has 33 heavy (non-hydrogen) atoms. The van der Waals surface area contributed by atoms with E-state index in [1.165, 1.54) is 16.7 Å². The molecule has 0 radical (unpaired) electrons. The van der Waals surface area contributed by atoms with Crippen molar-refractivity contribution in [2.75, 3.05) is 0 Å². The molecule has 2 bridgehead atoms. The first-order valence-corrected chi connectivity index (χ1v) is 10.6. The highest BCUT2D eigenvalue weighted by atomic mass is 19.3. The standard InChI is InChI=1S/C25H19F2N3O3/c1-29-12-15(7-8-22(29)31)13-5-6-14-10-19-17-11-20(30(19)18(14)9-13)23-16(24(32)28-17)3-2-4-21(23)33-25(26)27/h2-10,12,17,20,25H,11H2,1H3,(H,28,32). The number of amides is 1. The molecular formula is C25H19F2N3O3. The SMILES string of the molecule is Cn1cc(-c2ccc3cc4n(c3c2)C2CC4NC(=O)c3cccc(OC(F)F)c32)ccc1=O. The highest BCUT2D eigenvalue weighted by molar-refractivity contribution is 5.98. The summed E-state index contributed by atoms with van der Waals surface area (Å²) in [5, 5.41) is 4.03. The average molecular weight is 447 g/mol. The zero-order valence-corrected chi connectivity index (χ0v) is 17.6. The van der Waals surface area contributed by atoms with E-state index in [9.17, 15) is 18.4 Å². The molecule has 6 nitrogen and oxygen atoms in total. The van der Waals surface area contributed by atoms with Crippen molar-refractivity contribution in [1.82, 2.24) is 14.5 Å². The Hall–Kier alpha value is -3.94. The van der Waals surface area contributed by atoms with Gasteiger partial charge in [-0.05, 0) is 47.9 Å². The number of nitrogens with one attached hydrogen (secondary N) is 1. The van der Waals surface area contributed by atoms with E-state index in [2.05, 4.69) is 9.88 Å². The van der Waals surface area contributed by atoms with Gasteiger partial charge in [0.05, 0.1) is 12.1 Å². The molecule has 2 aliphatic heterocycles. The number of hydrogen-bond donors (Lipinski definition) is 1. The molecule has 1 amide bonds. The third-order valence-electron chi connectivity index (χ3n) is 6.58. The van der Waals surface area contributed by atoms with E-state index in [1.807, 2.05) is 24.3 Å². The van der Waals surface area contributed by atoms with Crippen LogP contribution in [0.25, 0.3) is 22.0 Å². The molecule has 2 aliphatic rings. The molecule has 2 aromatic heterocycles. The molecule has 6 rings (SSSR count). The van der Waals surface area contributed by atoms with Crippen molar-refractivity contribution < 1.29 is 18.3 Å². The van der Waals surface area contributed by atoms with Gasteiger partial charge in [-0.15, -0.1) is 0 Å². The first-order chi connectivity index (χ1) is 15.9. The van der Waals surface area contributed by atoms with Gasteiger partial charge >= 0.3 is 6.61 Å². The van der Waals surface area contributed by atoms with Crippen molar-refractivity contribution in [3.63, 3.8) is 0 Å². The molecule has 1 N–H and O–H groups in total. The number of carbonyl (C=O) groups is 1. The Labute approximate surface area is 187 Å². The summed E-state index contributed by atoms with van der Waals surface area (Å²) in [5.41, 5.74) is 4.41. The normalized spacial score (nSPS) is 18.7. The van der Waals surface area contributed by atoms with Gasteiger partial charge in [0.1, 0.15) is 5.75 Å². The number of hydrogen-bond acceptors (Lipinski definition) is 3. The van der Waals surface area contributed by atoms with E-state index in [0.29, 0.717) is 17.5 Å². The summed E-state index contributed by atoms with van der Waals surface area (Å²) in [5.74, 6) is -0.271. The van der Waals surface area contributed by atoms with Crippen molar-refractivity contribution >= 4 is 16.8 Å². The second kappa shape index (κ2) is 7.03. The Morgan fingerprint density at radius 1 is 1.06 bits per heavy atom. The summed E-state index contributed by atoms with van der Waals surface area (Å²) in [6.07, 6.45) is 2.34. The Balaban J connectivity index is 1.57. The molecule has 0 saturated heterocycles. The van der Waals surface area contributed by atoms with Crippen LogP contribution in [0.2, 0.25) is 0 Å². The van der Waals surface area contributed by atoms with Crippen molar-refractivity contribution in [1.29, 1.82) is 0 Å². The van der Waals surface area contributed by atoms with Gasteiger partial charge in [0, 0.05) is 47.0 Å². The maximum atomic E-state index is 13.2. The van der Waals surface area contributed by atoms with Crippen LogP contribution in [-0.2, 0) is 7.05 Å². The van der Waals surface area contributed by atoms with Crippen molar-refractivity contribution in [2.24, 2.45) is 7.05 Å². The molecule has 0 spiro atoms. The second-order valence-electron chi connectivity index (χ2n) is 8.45. The molecule has 2 atom stereocenters. The lowest BCUT2D eigenvalue weighted by atomic mass is 9.97. The van der Waals surface area contributed by atoms with Crippen LogP contribution in [0.3, 0.4) is 0 Å². The van der Waals surface area contributed by atoms with Crippen LogP contribution in [0.5, 0.6) is 5.75 Å². The predicted molar refractivity (Wildman–Crippen MR) is 119 cm³/mol. The van der Waals surface area contributed by atoms with E-state index in [-0.39, 0.29) is 29.3 Å². The van der Waals surface area contributed by atoms with E-state index < -0.39 is 6.61 Å². The maximum Gasteiger partial charge on any atom is 0.387 e. The number of benzene rings is 2. The van der Waals surface area contributed by atoms with Gasteiger partial charge in [0.15, 0.2) is 0 Å². The van der Waals surface area contributed by atoms with E-state index in [0.717, 1.165) is 27.7 Å². The number of alkyl halides is 2. The number of rotatable bonds is 3. The Kier molecular flexibility index (Phi) is 4.20. The summed E-state index contributed by atoms with van der Waals surface area (Å²) in [6, 6.07) is 15.5. The highest BCUT2D eigenvalue weighted by Crippen LogP contribution is 2.48. The molecule has 0 aliphatic carbocycles. The zero-order chi connectivity index (χ0) is 22.9. The Bertz CT molecular complexity index is 1500. The number of aryl methyl sites for hydroxylation is 1. The fourth-order valence-electron chi connectivity index (χ4n) is 5.15. The predicted octanol–water partition coefficient (Wildman–Crippen LogP) is 4.39. The number of carbonyl (C=O) groups excluding carboxylic acids is 1. The number of pyridine rings is 1. The zero-order valence-electron chi connectivity index (χ0n) is 17.6. The Morgan fingerprint density at radius 3 is 2.67 bits per heavy atom. The van der Waals surface area contributed by atoms with Gasteiger partial charge < -0.3 is 19.2 Å². The first kappa shape index (κ1) is 19.7. The third kappa shape index (κ3) is 2.97. The van der Waals surface area contributed by atoms with Crippen LogP contribution < -0.4 is 15.6 Å². The van der Waals surface area contributed by atoms with E-state index in [1.54, 1.807) is 31.4 Å². The number of nitrogens with zero attached hydrogens (tertiary/aromatic N) is 2. The minimum atomic E-state index is -2.99. The lowest BCUT2D eigenvalue weighted by molar-refractivity contribution is -0.0507. The quantitative estimate of drug-likeness (QED) is 0.507. The summed E-state index contributed by atoms with van der Waals surface area (Å²) in [6.45, 7) is -2.99. The number of aromatic nitrogens is 2. The molecule has 2 aromatic carbocycles. The van der Waals surface area contributed by atoms with Crippen molar-refractivity contribution in [2.45, 2.75) is 25.1 Å². The highest BCUT2D eigenvalue weighted by Gasteiger charge is 2.41. The van der Waals surface area contributed by atoms with Gasteiger partial charge in [0.2, 0.25) is 5.56 Å². The molecule has 166 valence electrons. The number of ether oxygens (including phenoxy) is 1. The van der Waals surface area contributed by atoms with Gasteiger partial charge in [-0.25, -0.2) is 0 Å². The number of halogens is 2. The fourth-order valence-corrected chi connectivity index (χ4v) is 5.15. The van der Waals surface area contributed by atoms with Crippen molar-refractivity contribution in [3.05, 3.63) is 88.0 Å². The van der Waals surface area contributed by atoms with Crippen LogP contribution in [0.1, 0.15) is 40.1 Å². The van der Waals surface area contributed by atoms with Gasteiger partial charge in [-0.3, -0.25) is 9.59 Å². The second-order valence-corrected chi connectivity index (χ2v) is 8.45. The lowest BCUT2D eigenvalue weighted by Gasteiger charge is -2.22. The topological polar surface area (TPSA) is 65.3 Å². The lowest BCUT2D eigenvalue weighted by Crippen LogP contribution is -2.27. The summed E-state index contributed by atoms with van der Waals surface area (Å²) >= 11 is 0. The Morgan fingerprint density at radius 2 is 1.88 bits per heavy atom. The molecule has 4 aromatic rings. The van der Waals surface area contributed by atoms with Crippen LogP contribution >= 0.6 is 0 Å². The molecule has 8 heteroatoms. The smallest absolute Gasteiger partial charge is 0.387 e.